The van der Waals surface area contributed by atoms with Crippen molar-refractivity contribution >= 4 is 18.4 Å². The molecule has 0 saturated heterocycles. The zero-order chi connectivity index (χ0) is 9.82. The maximum Gasteiger partial charge on any atom is 0.183 e. The van der Waals surface area contributed by atoms with Crippen LogP contribution < -0.4 is 22.9 Å². The average molecular weight is 212 g/mol. The van der Waals surface area contributed by atoms with E-state index in [4.69, 9.17) is 16.9 Å². The second-order valence-corrected chi connectivity index (χ2v) is 2.45. The summed E-state index contributed by atoms with van der Waals surface area (Å²) in [7, 11) is 0. The first-order chi connectivity index (χ1) is 5.65. The van der Waals surface area contributed by atoms with Crippen LogP contribution in [0.15, 0.2) is 0 Å². The van der Waals surface area contributed by atoms with Crippen molar-refractivity contribution in [2.24, 2.45) is 22.9 Å². The number of guanidine groups is 1. The summed E-state index contributed by atoms with van der Waals surface area (Å²) < 4.78 is 0. The van der Waals surface area contributed by atoms with Crippen molar-refractivity contribution in [2.75, 3.05) is 13.1 Å². The zero-order valence-electron chi connectivity index (χ0n) is 7.96. The molecule has 0 radical (unpaired) electrons. The van der Waals surface area contributed by atoms with Gasteiger partial charge in [-0.3, -0.25) is 5.41 Å². The van der Waals surface area contributed by atoms with Crippen LogP contribution in [0.25, 0.3) is 0 Å². The SMILES string of the molecule is Cl.N=C(N)N.NCCCCCCN. The van der Waals surface area contributed by atoms with Gasteiger partial charge in [-0.2, -0.15) is 0 Å². The fourth-order valence-electron chi connectivity index (χ4n) is 0.642. The summed E-state index contributed by atoms with van der Waals surface area (Å²) in [6.45, 7) is 1.65. The van der Waals surface area contributed by atoms with Gasteiger partial charge in [0.25, 0.3) is 0 Å². The molecule has 0 atom stereocenters. The van der Waals surface area contributed by atoms with Crippen molar-refractivity contribution in [2.45, 2.75) is 25.7 Å². The van der Waals surface area contributed by atoms with Crippen LogP contribution in [0.4, 0.5) is 0 Å². The smallest absolute Gasteiger partial charge is 0.183 e. The monoisotopic (exact) mass is 211 g/mol. The Kier molecular flexibility index (Phi) is 24.7. The summed E-state index contributed by atoms with van der Waals surface area (Å²) in [5.41, 5.74) is 19.5. The highest BCUT2D eigenvalue weighted by Crippen LogP contribution is 1.95. The molecule has 0 aliphatic rings. The van der Waals surface area contributed by atoms with Gasteiger partial charge in [-0.05, 0) is 25.9 Å². The Morgan fingerprint density at radius 3 is 1.23 bits per heavy atom. The number of nitrogens with two attached hydrogens (primary N) is 4. The first-order valence-electron chi connectivity index (χ1n) is 4.14. The van der Waals surface area contributed by atoms with E-state index < -0.39 is 0 Å². The lowest BCUT2D eigenvalue weighted by Crippen LogP contribution is -2.20. The van der Waals surface area contributed by atoms with Crippen LogP contribution in [0, 0.1) is 5.41 Å². The lowest BCUT2D eigenvalue weighted by atomic mass is 10.2. The molecular formula is C7H22ClN5. The quantitative estimate of drug-likeness (QED) is 0.244. The highest BCUT2D eigenvalue weighted by Gasteiger charge is 1.83. The third kappa shape index (κ3) is 51.4. The second kappa shape index (κ2) is 17.5. The molecule has 0 amide bonds. The number of unbranched alkanes of at least 4 members (excludes halogenated alkanes) is 3. The van der Waals surface area contributed by atoms with Gasteiger partial charge in [0.2, 0.25) is 0 Å². The Morgan fingerprint density at radius 2 is 1.08 bits per heavy atom. The number of nitrogens with one attached hydrogen (secondary N) is 1. The number of halogens is 1. The molecule has 0 spiro atoms. The van der Waals surface area contributed by atoms with Gasteiger partial charge in [-0.15, -0.1) is 12.4 Å². The molecule has 0 aromatic carbocycles. The average Bonchev–Trinajstić information content (AvgIpc) is 1.97. The Bertz CT molecular complexity index is 88.9. The summed E-state index contributed by atoms with van der Waals surface area (Å²) in [5, 5.41) is 6.06. The van der Waals surface area contributed by atoms with Gasteiger partial charge >= 0.3 is 0 Å². The van der Waals surface area contributed by atoms with Crippen LogP contribution in [0.5, 0.6) is 0 Å². The molecule has 0 fully saturated rings. The molecule has 0 aromatic heterocycles. The Hall–Kier alpha value is -0.520. The standard InChI is InChI=1S/C6H16N2.CH5N3.ClH/c7-5-3-1-2-4-6-8;2-1(3)4;/h1-8H2;(H5,2,3,4);1H. The first kappa shape index (κ1) is 18.3. The van der Waals surface area contributed by atoms with Crippen molar-refractivity contribution in [3.8, 4) is 0 Å². The van der Waals surface area contributed by atoms with Gasteiger partial charge in [0.1, 0.15) is 0 Å². The van der Waals surface area contributed by atoms with E-state index >= 15 is 0 Å². The summed E-state index contributed by atoms with van der Waals surface area (Å²) in [4.78, 5) is 0. The van der Waals surface area contributed by atoms with Crippen molar-refractivity contribution in [3.63, 3.8) is 0 Å². The van der Waals surface area contributed by atoms with E-state index in [-0.39, 0.29) is 18.4 Å². The minimum atomic E-state index is -0.333. The molecule has 0 bridgehead atoms. The summed E-state index contributed by atoms with van der Waals surface area (Å²) in [6, 6.07) is 0. The molecule has 0 unspecified atom stereocenters. The van der Waals surface area contributed by atoms with Gasteiger partial charge < -0.3 is 22.9 Å². The van der Waals surface area contributed by atoms with Crippen LogP contribution in [0.3, 0.4) is 0 Å². The molecule has 0 rings (SSSR count). The summed E-state index contributed by atoms with van der Waals surface area (Å²) in [6.07, 6.45) is 4.79. The molecule has 0 heterocycles. The van der Waals surface area contributed by atoms with Crippen molar-refractivity contribution in [3.05, 3.63) is 0 Å². The molecule has 82 valence electrons. The Balaban J connectivity index is -0.000000173. The van der Waals surface area contributed by atoms with Crippen LogP contribution >= 0.6 is 12.4 Å². The minimum absolute atomic E-state index is 0. The highest BCUT2D eigenvalue weighted by molar-refractivity contribution is 5.85. The van der Waals surface area contributed by atoms with E-state index in [1.54, 1.807) is 0 Å². The fourth-order valence-corrected chi connectivity index (χ4v) is 0.642. The van der Waals surface area contributed by atoms with E-state index in [0.29, 0.717) is 0 Å². The minimum Gasteiger partial charge on any atom is -0.370 e. The lowest BCUT2D eigenvalue weighted by Gasteiger charge is -1.94. The topological polar surface area (TPSA) is 128 Å². The van der Waals surface area contributed by atoms with Crippen molar-refractivity contribution in [1.29, 1.82) is 5.41 Å². The number of hydrogen-bond donors (Lipinski definition) is 5. The van der Waals surface area contributed by atoms with E-state index in [9.17, 15) is 0 Å². The predicted octanol–water partition coefficient (Wildman–Crippen LogP) is -0.275. The highest BCUT2D eigenvalue weighted by atomic mass is 35.5. The number of rotatable bonds is 5. The third-order valence-corrected chi connectivity index (χ3v) is 1.16. The van der Waals surface area contributed by atoms with Gasteiger partial charge in [-0.25, -0.2) is 0 Å². The van der Waals surface area contributed by atoms with Crippen LogP contribution in [-0.4, -0.2) is 19.0 Å². The van der Waals surface area contributed by atoms with Gasteiger partial charge in [0.15, 0.2) is 5.96 Å². The van der Waals surface area contributed by atoms with Crippen molar-refractivity contribution < 1.29 is 0 Å². The van der Waals surface area contributed by atoms with Crippen molar-refractivity contribution in [1.82, 2.24) is 0 Å². The predicted molar refractivity (Wildman–Crippen MR) is 59.9 cm³/mol. The molecule has 0 aliphatic carbocycles. The van der Waals surface area contributed by atoms with Gasteiger partial charge in [0.05, 0.1) is 0 Å². The number of hydrogen-bond acceptors (Lipinski definition) is 3. The van der Waals surface area contributed by atoms with E-state index in [1.165, 1.54) is 12.8 Å². The van der Waals surface area contributed by atoms with Crippen LogP contribution in [0.1, 0.15) is 25.7 Å². The fraction of sp³-hybridized carbons (Fsp3) is 0.857. The molecule has 9 N–H and O–H groups in total. The van der Waals surface area contributed by atoms with Crippen LogP contribution in [-0.2, 0) is 0 Å². The molecule has 0 aliphatic heterocycles. The van der Waals surface area contributed by atoms with Gasteiger partial charge in [-0.1, -0.05) is 12.8 Å². The maximum absolute atomic E-state index is 6.06. The molecule has 6 heteroatoms. The van der Waals surface area contributed by atoms with E-state index in [2.05, 4.69) is 11.5 Å². The zero-order valence-corrected chi connectivity index (χ0v) is 8.78. The Labute approximate surface area is 86.1 Å². The normalized spacial score (nSPS) is 7.85. The van der Waals surface area contributed by atoms with Crippen LogP contribution in [0.2, 0.25) is 0 Å². The Morgan fingerprint density at radius 1 is 0.846 bits per heavy atom. The molecule has 13 heavy (non-hydrogen) atoms. The maximum atomic E-state index is 6.06. The second-order valence-electron chi connectivity index (χ2n) is 2.45. The molecule has 5 nitrogen and oxygen atoms in total. The molecule has 0 aromatic rings. The molecular weight excluding hydrogens is 190 g/mol. The lowest BCUT2D eigenvalue weighted by molar-refractivity contribution is 0.653. The third-order valence-electron chi connectivity index (χ3n) is 1.16. The largest absolute Gasteiger partial charge is 0.370 e. The van der Waals surface area contributed by atoms with Gasteiger partial charge in [0, 0.05) is 0 Å². The first-order valence-corrected chi connectivity index (χ1v) is 4.14. The summed E-state index contributed by atoms with van der Waals surface area (Å²) >= 11 is 0. The van der Waals surface area contributed by atoms with E-state index in [0.717, 1.165) is 25.9 Å². The summed E-state index contributed by atoms with van der Waals surface area (Å²) in [5.74, 6) is -0.333. The van der Waals surface area contributed by atoms with E-state index in [1.807, 2.05) is 0 Å². The molecule has 0 saturated carbocycles.